The molecular formula is C23H21N3O5S. The lowest BCUT2D eigenvalue weighted by atomic mass is 10.2. The predicted octanol–water partition coefficient (Wildman–Crippen LogP) is 3.09. The Hall–Kier alpha value is -3.72. The van der Waals surface area contributed by atoms with Crippen molar-refractivity contribution < 1.29 is 19.0 Å². The molecule has 0 bridgehead atoms. The number of rotatable bonds is 7. The fourth-order valence-corrected chi connectivity index (χ4v) is 3.95. The van der Waals surface area contributed by atoms with E-state index in [2.05, 4.69) is 17.0 Å². The number of hydrogen-bond donors (Lipinski definition) is 0. The first-order valence-electron chi connectivity index (χ1n) is 9.99. The summed E-state index contributed by atoms with van der Waals surface area (Å²) in [6.45, 7) is 4.03. The van der Waals surface area contributed by atoms with Gasteiger partial charge in [0.1, 0.15) is 5.75 Å². The fourth-order valence-electron chi connectivity index (χ4n) is 3.04. The van der Waals surface area contributed by atoms with Crippen LogP contribution >= 0.6 is 11.3 Å². The Labute approximate surface area is 187 Å². The fraction of sp³-hybridized carbons (Fsp3) is 0.217. The molecule has 2 aromatic carbocycles. The summed E-state index contributed by atoms with van der Waals surface area (Å²) in [5.41, 5.74) is 1.28. The molecule has 9 heteroatoms. The second kappa shape index (κ2) is 9.19. The molecule has 4 rings (SSSR count). The Balaban J connectivity index is 1.64. The average Bonchev–Trinajstić information content (AvgIpc) is 3.32. The van der Waals surface area contributed by atoms with E-state index in [9.17, 15) is 9.59 Å². The van der Waals surface area contributed by atoms with Crippen molar-refractivity contribution in [3.8, 4) is 28.6 Å². The van der Waals surface area contributed by atoms with Gasteiger partial charge in [0.05, 0.1) is 18.2 Å². The molecule has 0 spiro atoms. The van der Waals surface area contributed by atoms with Gasteiger partial charge >= 0.3 is 5.97 Å². The number of esters is 1. The van der Waals surface area contributed by atoms with Crippen molar-refractivity contribution in [3.63, 3.8) is 0 Å². The monoisotopic (exact) mass is 451 g/mol. The van der Waals surface area contributed by atoms with Crippen LogP contribution in [0, 0.1) is 0 Å². The number of carbonyl (C=O) groups is 1. The van der Waals surface area contributed by atoms with Crippen LogP contribution < -0.4 is 24.3 Å². The predicted molar refractivity (Wildman–Crippen MR) is 121 cm³/mol. The van der Waals surface area contributed by atoms with Crippen LogP contribution in [0.15, 0.2) is 47.3 Å². The molecule has 0 fully saturated rings. The summed E-state index contributed by atoms with van der Waals surface area (Å²) in [6, 6.07) is 12.5. The Morgan fingerprint density at radius 3 is 2.59 bits per heavy atom. The smallest absolute Gasteiger partial charge is 0.308 e. The highest BCUT2D eigenvalue weighted by Gasteiger charge is 2.13. The molecule has 0 unspecified atom stereocenters. The minimum absolute atomic E-state index is 0.255. The Morgan fingerprint density at radius 1 is 1.16 bits per heavy atom. The average molecular weight is 452 g/mol. The molecule has 164 valence electrons. The van der Waals surface area contributed by atoms with Crippen molar-refractivity contribution in [3.05, 3.63) is 62.9 Å². The van der Waals surface area contributed by atoms with Gasteiger partial charge in [0.25, 0.3) is 5.56 Å². The number of nitrogens with zero attached hydrogens (tertiary/aromatic N) is 3. The maximum absolute atomic E-state index is 12.8. The van der Waals surface area contributed by atoms with Crippen LogP contribution in [0.4, 0.5) is 0 Å². The number of methoxy groups -OCH3 is 1. The molecule has 0 radical (unpaired) electrons. The maximum Gasteiger partial charge on any atom is 0.308 e. The third-order valence-corrected chi connectivity index (χ3v) is 5.47. The molecule has 0 aliphatic heterocycles. The largest absolute Gasteiger partial charge is 0.494 e. The van der Waals surface area contributed by atoms with Crippen molar-refractivity contribution in [2.75, 3.05) is 13.7 Å². The highest BCUT2D eigenvalue weighted by atomic mass is 32.1. The second-order valence-corrected chi connectivity index (χ2v) is 7.93. The van der Waals surface area contributed by atoms with Gasteiger partial charge in [0.2, 0.25) is 4.96 Å². The van der Waals surface area contributed by atoms with Crippen LogP contribution in [0.25, 0.3) is 22.4 Å². The lowest BCUT2D eigenvalue weighted by Crippen LogP contribution is -2.23. The number of fused-ring (bicyclic) bond motifs is 1. The van der Waals surface area contributed by atoms with Gasteiger partial charge < -0.3 is 14.2 Å². The maximum atomic E-state index is 12.8. The Bertz CT molecular complexity index is 1380. The molecule has 0 saturated heterocycles. The number of aromatic nitrogens is 3. The van der Waals surface area contributed by atoms with Gasteiger partial charge in [0, 0.05) is 12.5 Å². The highest BCUT2D eigenvalue weighted by Crippen LogP contribution is 2.28. The quantitative estimate of drug-likeness (QED) is 0.315. The van der Waals surface area contributed by atoms with E-state index < -0.39 is 5.97 Å². The standard InChI is InChI=1S/C23H21N3O5S/c1-4-11-30-17-8-6-16(7-9-17)21-24-23-26(25-21)22(28)20(32-23)13-15-5-10-18(31-14(2)27)19(12-15)29-3/h5-10,12-13H,4,11H2,1-3H3/b20-13+. The summed E-state index contributed by atoms with van der Waals surface area (Å²) >= 11 is 1.25. The SMILES string of the molecule is CCCOc1ccc(-c2nc3s/c(=C/c4ccc(OC(C)=O)c(OC)c4)c(=O)n3n2)cc1. The van der Waals surface area contributed by atoms with Crippen LogP contribution in [0.3, 0.4) is 0 Å². The number of ether oxygens (including phenoxy) is 3. The van der Waals surface area contributed by atoms with E-state index in [-0.39, 0.29) is 5.56 Å². The lowest BCUT2D eigenvalue weighted by Gasteiger charge is -2.08. The molecule has 0 N–H and O–H groups in total. The Morgan fingerprint density at radius 2 is 1.94 bits per heavy atom. The third kappa shape index (κ3) is 4.47. The summed E-state index contributed by atoms with van der Waals surface area (Å²) < 4.78 is 17.8. The van der Waals surface area contributed by atoms with E-state index in [1.807, 2.05) is 24.3 Å². The first-order chi connectivity index (χ1) is 15.5. The molecule has 2 aromatic heterocycles. The summed E-state index contributed by atoms with van der Waals surface area (Å²) in [4.78, 5) is 29.1. The van der Waals surface area contributed by atoms with Crippen molar-refractivity contribution in [1.29, 1.82) is 0 Å². The van der Waals surface area contributed by atoms with Gasteiger partial charge in [-0.3, -0.25) is 9.59 Å². The molecule has 0 aliphatic carbocycles. The van der Waals surface area contributed by atoms with Gasteiger partial charge in [-0.2, -0.15) is 9.50 Å². The van der Waals surface area contributed by atoms with Crippen LogP contribution in [-0.2, 0) is 4.79 Å². The molecule has 32 heavy (non-hydrogen) atoms. The second-order valence-electron chi connectivity index (χ2n) is 6.92. The zero-order valence-corrected chi connectivity index (χ0v) is 18.6. The van der Waals surface area contributed by atoms with Crippen molar-refractivity contribution in [1.82, 2.24) is 14.6 Å². The van der Waals surface area contributed by atoms with Crippen LogP contribution in [0.1, 0.15) is 25.8 Å². The summed E-state index contributed by atoms with van der Waals surface area (Å²) in [7, 11) is 1.48. The first-order valence-corrected chi connectivity index (χ1v) is 10.8. The summed E-state index contributed by atoms with van der Waals surface area (Å²) in [5, 5.41) is 4.38. The molecule has 0 amide bonds. The van der Waals surface area contributed by atoms with Gasteiger partial charge in [0.15, 0.2) is 17.3 Å². The molecule has 0 saturated carbocycles. The van der Waals surface area contributed by atoms with E-state index in [1.165, 1.54) is 29.9 Å². The normalized spacial score (nSPS) is 11.7. The number of carbonyl (C=O) groups excluding carboxylic acids is 1. The zero-order valence-electron chi connectivity index (χ0n) is 17.8. The summed E-state index contributed by atoms with van der Waals surface area (Å²) in [6.07, 6.45) is 2.67. The molecule has 0 atom stereocenters. The third-order valence-electron chi connectivity index (χ3n) is 4.51. The van der Waals surface area contributed by atoms with E-state index in [1.54, 1.807) is 24.3 Å². The topological polar surface area (TPSA) is 92.0 Å². The van der Waals surface area contributed by atoms with Gasteiger partial charge in [-0.05, 0) is 54.5 Å². The van der Waals surface area contributed by atoms with Crippen LogP contribution in [0.2, 0.25) is 0 Å². The molecule has 2 heterocycles. The van der Waals surface area contributed by atoms with Crippen LogP contribution in [0.5, 0.6) is 17.2 Å². The van der Waals surface area contributed by atoms with Crippen molar-refractivity contribution in [2.45, 2.75) is 20.3 Å². The lowest BCUT2D eigenvalue weighted by molar-refractivity contribution is -0.132. The number of thiazole rings is 1. The van der Waals surface area contributed by atoms with Gasteiger partial charge in [-0.15, -0.1) is 5.10 Å². The minimum atomic E-state index is -0.439. The number of benzene rings is 2. The molecule has 4 aromatic rings. The zero-order chi connectivity index (χ0) is 22.7. The van der Waals surface area contributed by atoms with E-state index in [0.29, 0.717) is 33.4 Å². The number of hydrogen-bond acceptors (Lipinski definition) is 8. The molecule has 8 nitrogen and oxygen atoms in total. The first kappa shape index (κ1) is 21.5. The van der Waals surface area contributed by atoms with Crippen LogP contribution in [-0.4, -0.2) is 34.3 Å². The van der Waals surface area contributed by atoms with Crippen molar-refractivity contribution in [2.24, 2.45) is 0 Å². The highest BCUT2D eigenvalue weighted by molar-refractivity contribution is 7.15. The Kier molecular flexibility index (Phi) is 6.18. The summed E-state index contributed by atoms with van der Waals surface area (Å²) in [5.74, 6) is 1.54. The van der Waals surface area contributed by atoms with Gasteiger partial charge in [-0.25, -0.2) is 0 Å². The molecular weight excluding hydrogens is 430 g/mol. The van der Waals surface area contributed by atoms with E-state index >= 15 is 0 Å². The van der Waals surface area contributed by atoms with Crippen molar-refractivity contribution >= 4 is 28.3 Å². The minimum Gasteiger partial charge on any atom is -0.494 e. The van der Waals surface area contributed by atoms with Gasteiger partial charge in [-0.1, -0.05) is 24.3 Å². The molecule has 0 aliphatic rings. The van der Waals surface area contributed by atoms with E-state index in [4.69, 9.17) is 14.2 Å². The van der Waals surface area contributed by atoms with E-state index in [0.717, 1.165) is 23.3 Å².